The molecule has 0 aromatic carbocycles. The number of aliphatic carboxylic acids is 2. The maximum atomic E-state index is 12.6. The van der Waals surface area contributed by atoms with Crippen LogP contribution in [0, 0.1) is 0 Å². The third kappa shape index (κ3) is 11.5. The highest BCUT2D eigenvalue weighted by Crippen LogP contribution is 2.05. The molecule has 4 atom stereocenters. The van der Waals surface area contributed by atoms with Crippen LogP contribution in [0.4, 0.5) is 0 Å². The normalized spacial score (nSPS) is 14.3. The van der Waals surface area contributed by atoms with Gasteiger partial charge in [0, 0.05) is 6.42 Å². The molecule has 14 nitrogen and oxygen atoms in total. The summed E-state index contributed by atoms with van der Waals surface area (Å²) in [6.45, 7) is -0.743. The van der Waals surface area contributed by atoms with Gasteiger partial charge < -0.3 is 42.7 Å². The zero-order valence-electron chi connectivity index (χ0n) is 17.4. The van der Waals surface area contributed by atoms with E-state index in [9.17, 15) is 33.9 Å². The number of aliphatic hydroxyl groups excluding tert-OH is 1. The summed E-state index contributed by atoms with van der Waals surface area (Å²) in [5.74, 6) is -6.12. The highest BCUT2D eigenvalue weighted by Gasteiger charge is 2.31. The van der Waals surface area contributed by atoms with Crippen molar-refractivity contribution in [2.24, 2.45) is 11.5 Å². The molecular weight excluding hydrogens is 450 g/mol. The Morgan fingerprint density at radius 3 is 1.88 bits per heavy atom. The number of carboxylic acids is 2. The lowest BCUT2D eigenvalue weighted by Crippen LogP contribution is -2.58. The fourth-order valence-corrected chi connectivity index (χ4v) is 2.82. The van der Waals surface area contributed by atoms with Gasteiger partial charge in [0.1, 0.15) is 24.2 Å². The predicted molar refractivity (Wildman–Crippen MR) is 112 cm³/mol. The minimum absolute atomic E-state index is 0.0846. The lowest BCUT2D eigenvalue weighted by atomic mass is 10.1. The van der Waals surface area contributed by atoms with Gasteiger partial charge in [-0.25, -0.2) is 4.79 Å². The zero-order valence-corrected chi connectivity index (χ0v) is 18.2. The summed E-state index contributed by atoms with van der Waals surface area (Å²) in [5, 5.41) is 33.6. The summed E-state index contributed by atoms with van der Waals surface area (Å²) in [7, 11) is 0. The molecule has 0 aliphatic carbocycles. The van der Waals surface area contributed by atoms with Gasteiger partial charge in [0.2, 0.25) is 23.6 Å². The van der Waals surface area contributed by atoms with Crippen LogP contribution in [0.5, 0.6) is 0 Å². The second-order valence-electron chi connectivity index (χ2n) is 6.70. The Bertz CT molecular complexity index is 706. The minimum Gasteiger partial charge on any atom is -0.481 e. The van der Waals surface area contributed by atoms with Gasteiger partial charge >= 0.3 is 11.9 Å². The molecular formula is C17H29N5O9S. The highest BCUT2D eigenvalue weighted by atomic mass is 32.2. The Morgan fingerprint density at radius 2 is 1.41 bits per heavy atom. The first-order valence-electron chi connectivity index (χ1n) is 9.42. The Balaban J connectivity index is 5.51. The number of nitrogens with one attached hydrogen (secondary N) is 3. The van der Waals surface area contributed by atoms with Crippen LogP contribution in [0.2, 0.25) is 0 Å². The fourth-order valence-electron chi connectivity index (χ4n) is 2.35. The second kappa shape index (κ2) is 15.0. The number of aliphatic hydroxyl groups is 1. The number of primary amides is 1. The van der Waals surface area contributed by atoms with Gasteiger partial charge in [-0.1, -0.05) is 0 Å². The molecule has 182 valence electrons. The number of amides is 4. The first-order valence-corrected chi connectivity index (χ1v) is 10.8. The SMILES string of the molecule is CSCCC(NC(=O)C(CCC(=O)O)NC(=O)C(CC(N)=O)NC(=O)C(N)CO)C(=O)O. The molecule has 0 aliphatic heterocycles. The van der Waals surface area contributed by atoms with Gasteiger partial charge in [0.15, 0.2) is 0 Å². The molecule has 0 fully saturated rings. The van der Waals surface area contributed by atoms with Crippen molar-refractivity contribution in [2.75, 3.05) is 18.6 Å². The predicted octanol–water partition coefficient (Wildman–Crippen LogP) is -3.66. The molecule has 15 heteroatoms. The molecule has 0 rings (SSSR count). The van der Waals surface area contributed by atoms with Crippen LogP contribution in [0.15, 0.2) is 0 Å². The molecule has 4 unspecified atom stereocenters. The molecule has 0 saturated heterocycles. The summed E-state index contributed by atoms with van der Waals surface area (Å²) in [6.07, 6.45) is 0.223. The fraction of sp³-hybridized carbons (Fsp3) is 0.647. The van der Waals surface area contributed by atoms with Crippen molar-refractivity contribution in [2.45, 2.75) is 49.9 Å². The molecule has 0 saturated carbocycles. The van der Waals surface area contributed by atoms with E-state index in [0.29, 0.717) is 5.75 Å². The van der Waals surface area contributed by atoms with Gasteiger partial charge in [-0.15, -0.1) is 0 Å². The van der Waals surface area contributed by atoms with Gasteiger partial charge in [-0.05, 0) is 24.9 Å². The molecule has 0 radical (unpaired) electrons. The lowest BCUT2D eigenvalue weighted by Gasteiger charge is -2.24. The summed E-state index contributed by atoms with van der Waals surface area (Å²) in [4.78, 5) is 70.6. The first kappa shape index (κ1) is 29.1. The van der Waals surface area contributed by atoms with Crippen LogP contribution in [0.1, 0.15) is 25.7 Å². The van der Waals surface area contributed by atoms with Crippen LogP contribution >= 0.6 is 11.8 Å². The number of nitrogens with two attached hydrogens (primary N) is 2. The Morgan fingerprint density at radius 1 is 0.875 bits per heavy atom. The van der Waals surface area contributed by atoms with Gasteiger partial charge in [0.25, 0.3) is 0 Å². The van der Waals surface area contributed by atoms with E-state index in [1.165, 1.54) is 11.8 Å². The van der Waals surface area contributed by atoms with Crippen LogP contribution in [-0.2, 0) is 28.8 Å². The number of hydrogen-bond acceptors (Lipinski definition) is 9. The number of carbonyl (C=O) groups excluding carboxylic acids is 4. The number of hydrogen-bond donors (Lipinski definition) is 8. The number of rotatable bonds is 16. The largest absolute Gasteiger partial charge is 0.481 e. The molecule has 4 amide bonds. The van der Waals surface area contributed by atoms with Crippen molar-refractivity contribution >= 4 is 47.3 Å². The van der Waals surface area contributed by atoms with Crippen LogP contribution in [-0.4, -0.2) is 93.7 Å². The third-order valence-electron chi connectivity index (χ3n) is 4.08. The van der Waals surface area contributed by atoms with Crippen LogP contribution in [0.3, 0.4) is 0 Å². The smallest absolute Gasteiger partial charge is 0.326 e. The molecule has 0 aromatic rings. The van der Waals surface area contributed by atoms with Crippen LogP contribution < -0.4 is 27.4 Å². The molecule has 0 spiro atoms. The Hall–Kier alpha value is -2.91. The average Bonchev–Trinajstić information content (AvgIpc) is 2.71. The second-order valence-corrected chi connectivity index (χ2v) is 7.68. The number of carboxylic acid groups (broad SMARTS) is 2. The van der Waals surface area contributed by atoms with Crippen molar-refractivity contribution < 1.29 is 44.1 Å². The molecule has 0 aromatic heterocycles. The maximum absolute atomic E-state index is 12.6. The van der Waals surface area contributed by atoms with Gasteiger partial charge in [-0.2, -0.15) is 11.8 Å². The standard InChI is InChI=1S/C17H29N5O9S/c1-32-5-4-10(17(30)31)21-15(28)9(2-3-13(25)26)20-16(29)11(6-12(19)24)22-14(27)8(18)7-23/h8-11,23H,2-7,18H2,1H3,(H2,19,24)(H,20,29)(H,21,28)(H,22,27)(H,25,26)(H,30,31). The molecule has 0 heterocycles. The Kier molecular flexibility index (Phi) is 13.6. The van der Waals surface area contributed by atoms with Gasteiger partial charge in [-0.3, -0.25) is 24.0 Å². The summed E-state index contributed by atoms with van der Waals surface area (Å²) in [6, 6.07) is -5.71. The monoisotopic (exact) mass is 479 g/mol. The quantitative estimate of drug-likeness (QED) is 0.107. The van der Waals surface area contributed by atoms with E-state index in [2.05, 4.69) is 16.0 Å². The molecule has 0 bridgehead atoms. The minimum atomic E-state index is -1.57. The maximum Gasteiger partial charge on any atom is 0.326 e. The molecule has 10 N–H and O–H groups in total. The topological polar surface area (TPSA) is 251 Å². The lowest BCUT2D eigenvalue weighted by molar-refractivity contribution is -0.143. The van der Waals surface area contributed by atoms with Crippen molar-refractivity contribution in [3.63, 3.8) is 0 Å². The summed E-state index contributed by atoms with van der Waals surface area (Å²) in [5.41, 5.74) is 10.4. The average molecular weight is 480 g/mol. The number of thioether (sulfide) groups is 1. The summed E-state index contributed by atoms with van der Waals surface area (Å²) >= 11 is 1.35. The van der Waals surface area contributed by atoms with E-state index in [1.807, 2.05) is 0 Å². The van der Waals surface area contributed by atoms with Crippen molar-refractivity contribution in [1.82, 2.24) is 16.0 Å². The highest BCUT2D eigenvalue weighted by molar-refractivity contribution is 7.98. The third-order valence-corrected chi connectivity index (χ3v) is 4.72. The van der Waals surface area contributed by atoms with E-state index in [4.69, 9.17) is 21.7 Å². The zero-order chi connectivity index (χ0) is 24.8. The van der Waals surface area contributed by atoms with Crippen molar-refractivity contribution in [1.29, 1.82) is 0 Å². The summed E-state index contributed by atoms with van der Waals surface area (Å²) < 4.78 is 0. The van der Waals surface area contributed by atoms with E-state index >= 15 is 0 Å². The van der Waals surface area contributed by atoms with E-state index in [-0.39, 0.29) is 6.42 Å². The van der Waals surface area contributed by atoms with Crippen molar-refractivity contribution in [3.8, 4) is 0 Å². The molecule has 32 heavy (non-hydrogen) atoms. The number of carbonyl (C=O) groups is 6. The van der Waals surface area contributed by atoms with E-state index in [1.54, 1.807) is 6.26 Å². The molecule has 0 aliphatic rings. The van der Waals surface area contributed by atoms with Gasteiger partial charge in [0.05, 0.1) is 13.0 Å². The first-order chi connectivity index (χ1) is 14.9. The van der Waals surface area contributed by atoms with E-state index in [0.717, 1.165) is 0 Å². The Labute approximate surface area is 187 Å². The van der Waals surface area contributed by atoms with Crippen molar-refractivity contribution in [3.05, 3.63) is 0 Å². The van der Waals surface area contributed by atoms with Crippen LogP contribution in [0.25, 0.3) is 0 Å². The van der Waals surface area contributed by atoms with E-state index < -0.39 is 85.6 Å².